The maximum Gasteiger partial charge on any atom is 0.157 e. The van der Waals surface area contributed by atoms with Crippen LogP contribution in [0.1, 0.15) is 25.8 Å². The third-order valence-corrected chi connectivity index (χ3v) is 4.87. The predicted octanol–water partition coefficient (Wildman–Crippen LogP) is 3.09. The molecule has 3 rings (SSSR count). The Morgan fingerprint density at radius 3 is 2.72 bits per heavy atom. The van der Waals surface area contributed by atoms with Crippen LogP contribution >= 0.6 is 11.8 Å². The highest BCUT2D eigenvalue weighted by molar-refractivity contribution is 8.14. The van der Waals surface area contributed by atoms with Gasteiger partial charge in [0.05, 0.1) is 6.04 Å². The molecule has 0 amide bonds. The van der Waals surface area contributed by atoms with Crippen LogP contribution in [-0.4, -0.2) is 23.0 Å². The van der Waals surface area contributed by atoms with Gasteiger partial charge in [0.1, 0.15) is 0 Å². The number of nitrogens with zero attached hydrogens (tertiary/aromatic N) is 1. The van der Waals surface area contributed by atoms with Crippen molar-refractivity contribution >= 4 is 16.9 Å². The largest absolute Gasteiger partial charge is 0.361 e. The van der Waals surface area contributed by atoms with Crippen molar-refractivity contribution in [2.24, 2.45) is 10.4 Å². The number of amidine groups is 1. The highest BCUT2D eigenvalue weighted by Gasteiger charge is 2.46. The van der Waals surface area contributed by atoms with E-state index in [1.807, 2.05) is 11.8 Å². The van der Waals surface area contributed by atoms with Crippen LogP contribution in [0, 0.1) is 5.41 Å². The van der Waals surface area contributed by atoms with Gasteiger partial charge in [0.2, 0.25) is 0 Å². The molecule has 2 atom stereocenters. The molecule has 2 fully saturated rings. The molecule has 0 aromatic heterocycles. The second kappa shape index (κ2) is 4.61. The lowest BCUT2D eigenvalue weighted by molar-refractivity contribution is 0.616. The molecular formula is C15H20N2S. The van der Waals surface area contributed by atoms with E-state index in [-0.39, 0.29) is 0 Å². The molecule has 1 N–H and O–H groups in total. The van der Waals surface area contributed by atoms with Gasteiger partial charge in [0.25, 0.3) is 0 Å². The van der Waals surface area contributed by atoms with Crippen LogP contribution in [0.3, 0.4) is 0 Å². The summed E-state index contributed by atoms with van der Waals surface area (Å²) >= 11 is 1.88. The van der Waals surface area contributed by atoms with Gasteiger partial charge in [-0.1, -0.05) is 55.9 Å². The normalized spacial score (nSPS) is 31.3. The number of aliphatic imine (C=N–C) groups is 1. The fraction of sp³-hybridized carbons (Fsp3) is 0.533. The van der Waals surface area contributed by atoms with Crippen LogP contribution in [0.25, 0.3) is 0 Å². The molecule has 1 aliphatic carbocycles. The third kappa shape index (κ3) is 2.72. The zero-order valence-corrected chi connectivity index (χ0v) is 11.8. The minimum atomic E-state index is 0.437. The molecule has 96 valence electrons. The van der Waals surface area contributed by atoms with E-state index in [0.717, 1.165) is 17.3 Å². The molecule has 2 aliphatic rings. The van der Waals surface area contributed by atoms with Gasteiger partial charge in [-0.15, -0.1) is 0 Å². The first kappa shape index (κ1) is 12.1. The fourth-order valence-electron chi connectivity index (χ4n) is 2.32. The predicted molar refractivity (Wildman–Crippen MR) is 79.1 cm³/mol. The Morgan fingerprint density at radius 2 is 2.06 bits per heavy atom. The van der Waals surface area contributed by atoms with Gasteiger partial charge in [-0.2, -0.15) is 0 Å². The highest BCUT2D eigenvalue weighted by Crippen LogP contribution is 2.47. The van der Waals surface area contributed by atoms with Crippen molar-refractivity contribution in [2.45, 2.75) is 38.8 Å². The topological polar surface area (TPSA) is 24.4 Å². The Morgan fingerprint density at radius 1 is 1.33 bits per heavy atom. The second-order valence-electron chi connectivity index (χ2n) is 5.98. The SMILES string of the molecule is CC1(C)CC1N=C1NC(Cc2ccccc2)CS1. The zero-order chi connectivity index (χ0) is 12.6. The molecule has 2 nitrogen and oxygen atoms in total. The smallest absolute Gasteiger partial charge is 0.157 e. The summed E-state index contributed by atoms with van der Waals surface area (Å²) in [6.07, 6.45) is 2.34. The van der Waals surface area contributed by atoms with Crippen molar-refractivity contribution in [1.82, 2.24) is 5.32 Å². The number of benzene rings is 1. The molecule has 1 aliphatic heterocycles. The van der Waals surface area contributed by atoms with Gasteiger partial charge >= 0.3 is 0 Å². The van der Waals surface area contributed by atoms with Crippen molar-refractivity contribution in [3.63, 3.8) is 0 Å². The van der Waals surface area contributed by atoms with E-state index < -0.39 is 0 Å². The third-order valence-electron chi connectivity index (χ3n) is 3.81. The summed E-state index contributed by atoms with van der Waals surface area (Å²) in [5.74, 6) is 1.14. The Bertz CT molecular complexity index is 453. The standard InChI is InChI=1S/C15H20N2S/c1-15(2)9-13(15)17-14-16-12(10-18-14)8-11-6-4-3-5-7-11/h3-7,12-13H,8-10H2,1-2H3,(H,16,17). The van der Waals surface area contributed by atoms with Crippen molar-refractivity contribution < 1.29 is 0 Å². The molecule has 18 heavy (non-hydrogen) atoms. The summed E-state index contributed by atoms with van der Waals surface area (Å²) in [6, 6.07) is 11.8. The van der Waals surface area contributed by atoms with E-state index in [2.05, 4.69) is 49.5 Å². The summed E-state index contributed by atoms with van der Waals surface area (Å²) in [6.45, 7) is 4.59. The molecule has 3 heteroatoms. The molecule has 1 saturated carbocycles. The van der Waals surface area contributed by atoms with Gasteiger partial charge in [-0.25, -0.2) is 0 Å². The molecule has 1 aromatic rings. The fourth-order valence-corrected chi connectivity index (χ4v) is 3.33. The summed E-state index contributed by atoms with van der Waals surface area (Å²) in [7, 11) is 0. The monoisotopic (exact) mass is 260 g/mol. The summed E-state index contributed by atoms with van der Waals surface area (Å²) in [5, 5.41) is 4.72. The van der Waals surface area contributed by atoms with E-state index >= 15 is 0 Å². The zero-order valence-electron chi connectivity index (χ0n) is 11.0. The lowest BCUT2D eigenvalue weighted by Crippen LogP contribution is -2.29. The van der Waals surface area contributed by atoms with Crippen LogP contribution in [0.4, 0.5) is 0 Å². The van der Waals surface area contributed by atoms with Gasteiger partial charge in [0.15, 0.2) is 5.17 Å². The number of thioether (sulfide) groups is 1. The maximum atomic E-state index is 4.80. The van der Waals surface area contributed by atoms with Crippen molar-refractivity contribution in [3.8, 4) is 0 Å². The quantitative estimate of drug-likeness (QED) is 0.903. The average molecular weight is 260 g/mol. The molecule has 0 spiro atoms. The van der Waals surface area contributed by atoms with Crippen molar-refractivity contribution in [1.29, 1.82) is 0 Å². The van der Waals surface area contributed by atoms with Crippen LogP contribution in [0.2, 0.25) is 0 Å². The first-order valence-electron chi connectivity index (χ1n) is 6.64. The first-order chi connectivity index (χ1) is 8.63. The summed E-state index contributed by atoms with van der Waals surface area (Å²) < 4.78 is 0. The Kier molecular flexibility index (Phi) is 3.10. The Hall–Kier alpha value is -0.960. The van der Waals surface area contributed by atoms with Gasteiger partial charge < -0.3 is 5.32 Å². The maximum absolute atomic E-state index is 4.80. The van der Waals surface area contributed by atoms with Crippen LogP contribution in [-0.2, 0) is 6.42 Å². The van der Waals surface area contributed by atoms with E-state index in [4.69, 9.17) is 4.99 Å². The molecular weight excluding hydrogens is 240 g/mol. The van der Waals surface area contributed by atoms with Crippen LogP contribution in [0.5, 0.6) is 0 Å². The lowest BCUT2D eigenvalue weighted by Gasteiger charge is -2.09. The summed E-state index contributed by atoms with van der Waals surface area (Å²) in [5.41, 5.74) is 1.84. The van der Waals surface area contributed by atoms with Gasteiger partial charge in [0, 0.05) is 11.8 Å². The van der Waals surface area contributed by atoms with Gasteiger partial charge in [-0.05, 0) is 23.8 Å². The van der Waals surface area contributed by atoms with E-state index in [1.165, 1.54) is 12.0 Å². The molecule has 1 aromatic carbocycles. The summed E-state index contributed by atoms with van der Waals surface area (Å²) in [4.78, 5) is 4.80. The van der Waals surface area contributed by atoms with E-state index in [0.29, 0.717) is 17.5 Å². The molecule has 0 radical (unpaired) electrons. The molecule has 1 saturated heterocycles. The van der Waals surface area contributed by atoms with E-state index in [1.54, 1.807) is 0 Å². The second-order valence-corrected chi connectivity index (χ2v) is 6.99. The van der Waals surface area contributed by atoms with Crippen LogP contribution < -0.4 is 5.32 Å². The van der Waals surface area contributed by atoms with Crippen molar-refractivity contribution in [2.75, 3.05) is 5.75 Å². The average Bonchev–Trinajstić information content (AvgIpc) is 2.73. The number of rotatable bonds is 3. The highest BCUT2D eigenvalue weighted by atomic mass is 32.2. The van der Waals surface area contributed by atoms with Gasteiger partial charge in [-0.3, -0.25) is 4.99 Å². The molecule has 2 unspecified atom stereocenters. The molecule has 0 bridgehead atoms. The molecule has 1 heterocycles. The number of nitrogens with one attached hydrogen (secondary N) is 1. The number of hydrogen-bond acceptors (Lipinski definition) is 2. The van der Waals surface area contributed by atoms with Crippen molar-refractivity contribution in [3.05, 3.63) is 35.9 Å². The first-order valence-corrected chi connectivity index (χ1v) is 7.63. The minimum Gasteiger partial charge on any atom is -0.361 e. The lowest BCUT2D eigenvalue weighted by atomic mass is 10.1. The van der Waals surface area contributed by atoms with Crippen LogP contribution in [0.15, 0.2) is 35.3 Å². The van der Waals surface area contributed by atoms with E-state index in [9.17, 15) is 0 Å². The Balaban J connectivity index is 1.56. The Labute approximate surface area is 113 Å². The minimum absolute atomic E-state index is 0.437. The number of hydrogen-bond donors (Lipinski definition) is 1.